The lowest BCUT2D eigenvalue weighted by Crippen LogP contribution is -2.06. The van der Waals surface area contributed by atoms with Gasteiger partial charge in [-0.1, -0.05) is 5.16 Å². The van der Waals surface area contributed by atoms with Gasteiger partial charge in [0.25, 0.3) is 0 Å². The SMILES string of the molecule is COc1ccc(C(=O)OCc2c(C)noc2C)cc1F. The summed E-state index contributed by atoms with van der Waals surface area (Å²) in [6.07, 6.45) is 0. The summed E-state index contributed by atoms with van der Waals surface area (Å²) in [5, 5.41) is 3.76. The van der Waals surface area contributed by atoms with Gasteiger partial charge in [-0.05, 0) is 32.0 Å². The predicted octanol–water partition coefficient (Wildman–Crippen LogP) is 2.80. The predicted molar refractivity (Wildman–Crippen MR) is 68.0 cm³/mol. The van der Waals surface area contributed by atoms with Crippen LogP contribution in [0.2, 0.25) is 0 Å². The molecule has 0 N–H and O–H groups in total. The van der Waals surface area contributed by atoms with Crippen LogP contribution in [-0.2, 0) is 11.3 Å². The van der Waals surface area contributed by atoms with Gasteiger partial charge in [0.15, 0.2) is 11.6 Å². The number of nitrogens with zero attached hydrogens (tertiary/aromatic N) is 1. The summed E-state index contributed by atoms with van der Waals surface area (Å²) in [6.45, 7) is 3.52. The number of hydrogen-bond donors (Lipinski definition) is 0. The number of aromatic nitrogens is 1. The molecule has 0 saturated heterocycles. The van der Waals surface area contributed by atoms with E-state index in [0.717, 1.165) is 6.07 Å². The second-order valence-corrected chi connectivity index (χ2v) is 4.23. The van der Waals surface area contributed by atoms with Crippen LogP contribution in [0.1, 0.15) is 27.4 Å². The first-order valence-corrected chi connectivity index (χ1v) is 5.95. The van der Waals surface area contributed by atoms with E-state index in [-0.39, 0.29) is 17.9 Å². The van der Waals surface area contributed by atoms with E-state index in [1.807, 2.05) is 0 Å². The molecular formula is C14H14FNO4. The third kappa shape index (κ3) is 2.79. The molecule has 0 aliphatic rings. The Hall–Kier alpha value is -2.37. The summed E-state index contributed by atoms with van der Waals surface area (Å²) in [6, 6.07) is 3.90. The first-order chi connectivity index (χ1) is 9.52. The molecule has 0 fully saturated rings. The van der Waals surface area contributed by atoms with Crippen molar-refractivity contribution in [2.75, 3.05) is 7.11 Å². The van der Waals surface area contributed by atoms with Crippen molar-refractivity contribution in [1.29, 1.82) is 0 Å². The van der Waals surface area contributed by atoms with Crippen LogP contribution in [0.25, 0.3) is 0 Å². The third-order valence-corrected chi connectivity index (χ3v) is 2.92. The van der Waals surface area contributed by atoms with Crippen molar-refractivity contribution < 1.29 is 23.2 Å². The van der Waals surface area contributed by atoms with Gasteiger partial charge in [0, 0.05) is 0 Å². The first kappa shape index (κ1) is 14.0. The summed E-state index contributed by atoms with van der Waals surface area (Å²) in [4.78, 5) is 11.8. The highest BCUT2D eigenvalue weighted by Crippen LogP contribution is 2.19. The Bertz CT molecular complexity index is 617. The molecule has 6 heteroatoms. The largest absolute Gasteiger partial charge is 0.494 e. The van der Waals surface area contributed by atoms with E-state index in [4.69, 9.17) is 14.0 Å². The molecule has 0 bridgehead atoms. The van der Waals surface area contributed by atoms with Crippen LogP contribution in [0.15, 0.2) is 22.7 Å². The van der Waals surface area contributed by atoms with Gasteiger partial charge in [-0.3, -0.25) is 0 Å². The molecule has 20 heavy (non-hydrogen) atoms. The average Bonchev–Trinajstić information content (AvgIpc) is 2.75. The Morgan fingerprint density at radius 3 is 2.70 bits per heavy atom. The quantitative estimate of drug-likeness (QED) is 0.805. The van der Waals surface area contributed by atoms with Crippen molar-refractivity contribution in [3.8, 4) is 5.75 Å². The van der Waals surface area contributed by atoms with Crippen LogP contribution in [0.4, 0.5) is 4.39 Å². The molecule has 0 unspecified atom stereocenters. The molecule has 1 aromatic carbocycles. The molecule has 2 rings (SSSR count). The fourth-order valence-electron chi connectivity index (χ4n) is 1.72. The number of aryl methyl sites for hydroxylation is 2. The van der Waals surface area contributed by atoms with Crippen molar-refractivity contribution in [3.05, 3.63) is 46.6 Å². The molecule has 106 valence electrons. The molecule has 1 heterocycles. The van der Waals surface area contributed by atoms with E-state index < -0.39 is 11.8 Å². The van der Waals surface area contributed by atoms with Crippen LogP contribution in [-0.4, -0.2) is 18.2 Å². The highest BCUT2D eigenvalue weighted by Gasteiger charge is 2.14. The number of hydrogen-bond acceptors (Lipinski definition) is 5. The molecule has 0 saturated carbocycles. The van der Waals surface area contributed by atoms with Crippen molar-refractivity contribution in [2.45, 2.75) is 20.5 Å². The van der Waals surface area contributed by atoms with Crippen LogP contribution in [0, 0.1) is 19.7 Å². The molecule has 0 amide bonds. The van der Waals surface area contributed by atoms with Gasteiger partial charge in [-0.15, -0.1) is 0 Å². The van der Waals surface area contributed by atoms with Crippen LogP contribution < -0.4 is 4.74 Å². The van der Waals surface area contributed by atoms with Crippen molar-refractivity contribution in [1.82, 2.24) is 5.16 Å². The molecule has 0 radical (unpaired) electrons. The summed E-state index contributed by atoms with van der Waals surface area (Å²) in [7, 11) is 1.36. The Kier molecular flexibility index (Phi) is 4.02. The summed E-state index contributed by atoms with van der Waals surface area (Å²) < 4.78 is 28.4. The van der Waals surface area contributed by atoms with E-state index in [9.17, 15) is 9.18 Å². The number of ether oxygens (including phenoxy) is 2. The summed E-state index contributed by atoms with van der Waals surface area (Å²) >= 11 is 0. The van der Waals surface area contributed by atoms with Crippen molar-refractivity contribution >= 4 is 5.97 Å². The van der Waals surface area contributed by atoms with Gasteiger partial charge in [0.05, 0.1) is 23.9 Å². The lowest BCUT2D eigenvalue weighted by Gasteiger charge is -2.06. The molecule has 0 spiro atoms. The Morgan fingerprint density at radius 1 is 1.40 bits per heavy atom. The lowest BCUT2D eigenvalue weighted by molar-refractivity contribution is 0.0470. The van der Waals surface area contributed by atoms with Crippen LogP contribution in [0.5, 0.6) is 5.75 Å². The third-order valence-electron chi connectivity index (χ3n) is 2.92. The summed E-state index contributed by atoms with van der Waals surface area (Å²) in [5.74, 6) is -0.561. The number of benzene rings is 1. The van der Waals surface area contributed by atoms with Gasteiger partial charge in [0.1, 0.15) is 12.4 Å². The van der Waals surface area contributed by atoms with Gasteiger partial charge in [0.2, 0.25) is 0 Å². The number of esters is 1. The standard InChI is InChI=1S/C14H14FNO4/c1-8-11(9(2)20-16-8)7-19-14(17)10-4-5-13(18-3)12(15)6-10/h4-6H,7H2,1-3H3. The van der Waals surface area contributed by atoms with E-state index in [2.05, 4.69) is 5.16 Å². The van der Waals surface area contributed by atoms with Crippen molar-refractivity contribution in [3.63, 3.8) is 0 Å². The van der Waals surface area contributed by atoms with E-state index in [1.165, 1.54) is 19.2 Å². The van der Waals surface area contributed by atoms with Crippen LogP contribution in [0.3, 0.4) is 0 Å². The Morgan fingerprint density at radius 2 is 2.15 bits per heavy atom. The first-order valence-electron chi connectivity index (χ1n) is 5.95. The van der Waals surface area contributed by atoms with E-state index in [0.29, 0.717) is 17.0 Å². The van der Waals surface area contributed by atoms with E-state index in [1.54, 1.807) is 13.8 Å². The molecule has 0 atom stereocenters. The van der Waals surface area contributed by atoms with Crippen LogP contribution >= 0.6 is 0 Å². The minimum Gasteiger partial charge on any atom is -0.494 e. The highest BCUT2D eigenvalue weighted by atomic mass is 19.1. The molecular weight excluding hydrogens is 265 g/mol. The number of methoxy groups -OCH3 is 1. The van der Waals surface area contributed by atoms with Gasteiger partial charge in [-0.25, -0.2) is 9.18 Å². The maximum atomic E-state index is 13.5. The topological polar surface area (TPSA) is 61.6 Å². The lowest BCUT2D eigenvalue weighted by atomic mass is 10.2. The van der Waals surface area contributed by atoms with Gasteiger partial charge in [-0.2, -0.15) is 0 Å². The zero-order valence-electron chi connectivity index (χ0n) is 11.4. The zero-order valence-corrected chi connectivity index (χ0v) is 11.4. The van der Waals surface area contributed by atoms with Crippen molar-refractivity contribution in [2.24, 2.45) is 0 Å². The minimum absolute atomic E-state index is 0.0354. The fourth-order valence-corrected chi connectivity index (χ4v) is 1.72. The van der Waals surface area contributed by atoms with Gasteiger partial charge < -0.3 is 14.0 Å². The number of carbonyl (C=O) groups excluding carboxylic acids is 1. The second-order valence-electron chi connectivity index (χ2n) is 4.23. The summed E-state index contributed by atoms with van der Waals surface area (Å²) in [5.41, 5.74) is 1.50. The number of carbonyl (C=O) groups is 1. The van der Waals surface area contributed by atoms with E-state index >= 15 is 0 Å². The highest BCUT2D eigenvalue weighted by molar-refractivity contribution is 5.89. The van der Waals surface area contributed by atoms with Gasteiger partial charge >= 0.3 is 5.97 Å². The molecule has 1 aromatic heterocycles. The maximum absolute atomic E-state index is 13.5. The maximum Gasteiger partial charge on any atom is 0.338 e. The normalized spacial score (nSPS) is 10.4. The Balaban J connectivity index is 2.07. The molecule has 5 nitrogen and oxygen atoms in total. The second kappa shape index (κ2) is 5.73. The average molecular weight is 279 g/mol. The number of rotatable bonds is 4. The smallest absolute Gasteiger partial charge is 0.338 e. The Labute approximate surface area is 115 Å². The zero-order chi connectivity index (χ0) is 14.7. The molecule has 2 aromatic rings. The minimum atomic E-state index is -0.619. The fraction of sp³-hybridized carbons (Fsp3) is 0.286. The monoisotopic (exact) mass is 279 g/mol. The molecule has 0 aliphatic carbocycles. The number of halogens is 1. The molecule has 0 aliphatic heterocycles.